The quantitative estimate of drug-likeness (QED) is 0.534. The lowest BCUT2D eigenvalue weighted by Gasteiger charge is -2.13. The van der Waals surface area contributed by atoms with Gasteiger partial charge in [0.1, 0.15) is 11.6 Å². The van der Waals surface area contributed by atoms with E-state index in [0.29, 0.717) is 40.3 Å². The molecule has 0 spiro atoms. The van der Waals surface area contributed by atoms with Crippen molar-refractivity contribution in [1.82, 2.24) is 20.5 Å². The molecule has 30 heavy (non-hydrogen) atoms. The van der Waals surface area contributed by atoms with E-state index in [-0.39, 0.29) is 12.5 Å². The number of benzene rings is 2. The van der Waals surface area contributed by atoms with Crippen LogP contribution >= 0.6 is 11.6 Å². The molecule has 1 heterocycles. The molecule has 2 N–H and O–H groups in total. The van der Waals surface area contributed by atoms with Gasteiger partial charge in [-0.2, -0.15) is 5.10 Å². The lowest BCUT2D eigenvalue weighted by Crippen LogP contribution is -2.23. The minimum Gasteiger partial charge on any atom is -0.497 e. The van der Waals surface area contributed by atoms with Gasteiger partial charge < -0.3 is 19.5 Å². The number of carbonyl (C=O) groups excluding carboxylic acids is 1. The Morgan fingerprint density at radius 2 is 1.93 bits per heavy atom. The average molecular weight is 431 g/mol. The summed E-state index contributed by atoms with van der Waals surface area (Å²) in [5.74, 6) is 2.32. The topological polar surface area (TPSA) is 98.4 Å². The molecule has 3 aromatic rings. The predicted molar refractivity (Wildman–Crippen MR) is 113 cm³/mol. The maximum atomic E-state index is 12.6. The number of carbonyl (C=O) groups is 1. The number of ether oxygens (including phenoxy) is 3. The lowest BCUT2D eigenvalue weighted by atomic mass is 10.2. The van der Waals surface area contributed by atoms with Crippen LogP contribution in [-0.2, 0) is 6.54 Å². The zero-order chi connectivity index (χ0) is 21.5. The van der Waals surface area contributed by atoms with Crippen LogP contribution in [-0.4, -0.2) is 41.9 Å². The number of nitrogens with zero attached hydrogens (tertiary/aromatic N) is 2. The van der Waals surface area contributed by atoms with E-state index in [2.05, 4.69) is 20.5 Å². The van der Waals surface area contributed by atoms with Crippen molar-refractivity contribution < 1.29 is 19.0 Å². The molecule has 3 rings (SSSR count). The Labute approximate surface area is 179 Å². The van der Waals surface area contributed by atoms with Crippen molar-refractivity contribution in [3.8, 4) is 28.6 Å². The van der Waals surface area contributed by atoms with E-state index in [1.54, 1.807) is 19.2 Å². The van der Waals surface area contributed by atoms with Gasteiger partial charge in [-0.1, -0.05) is 18.5 Å². The van der Waals surface area contributed by atoms with Crippen LogP contribution in [0.5, 0.6) is 17.2 Å². The van der Waals surface area contributed by atoms with Crippen molar-refractivity contribution in [2.24, 2.45) is 0 Å². The van der Waals surface area contributed by atoms with Crippen LogP contribution < -0.4 is 19.5 Å². The zero-order valence-electron chi connectivity index (χ0n) is 17.0. The molecule has 0 aliphatic heterocycles. The Balaban J connectivity index is 1.67. The number of aromatic amines is 1. The molecule has 1 aromatic heterocycles. The van der Waals surface area contributed by atoms with Gasteiger partial charge in [-0.3, -0.25) is 9.89 Å². The van der Waals surface area contributed by atoms with Crippen LogP contribution in [0.3, 0.4) is 0 Å². The van der Waals surface area contributed by atoms with Gasteiger partial charge >= 0.3 is 0 Å². The molecule has 1 amide bonds. The fourth-order valence-corrected chi connectivity index (χ4v) is 2.97. The first-order valence-corrected chi connectivity index (χ1v) is 9.77. The summed E-state index contributed by atoms with van der Waals surface area (Å²) < 4.78 is 16.1. The van der Waals surface area contributed by atoms with Crippen LogP contribution in [0.25, 0.3) is 11.4 Å². The largest absolute Gasteiger partial charge is 0.497 e. The third-order valence-corrected chi connectivity index (χ3v) is 4.52. The second-order valence-corrected chi connectivity index (χ2v) is 6.76. The summed E-state index contributed by atoms with van der Waals surface area (Å²) in [5.41, 5.74) is 1.19. The molecule has 0 saturated heterocycles. The van der Waals surface area contributed by atoms with E-state index < -0.39 is 0 Å². The molecule has 9 heteroatoms. The number of methoxy groups -OCH3 is 2. The lowest BCUT2D eigenvalue weighted by molar-refractivity contribution is 0.0949. The van der Waals surface area contributed by atoms with Gasteiger partial charge in [0.05, 0.1) is 32.4 Å². The summed E-state index contributed by atoms with van der Waals surface area (Å²) in [6.45, 7) is 2.67. The van der Waals surface area contributed by atoms with Crippen LogP contribution in [0.4, 0.5) is 0 Å². The van der Waals surface area contributed by atoms with Crippen molar-refractivity contribution in [2.45, 2.75) is 19.9 Å². The summed E-state index contributed by atoms with van der Waals surface area (Å²) in [4.78, 5) is 17.0. The second-order valence-electron chi connectivity index (χ2n) is 6.35. The molecule has 8 nitrogen and oxygen atoms in total. The maximum Gasteiger partial charge on any atom is 0.251 e. The second kappa shape index (κ2) is 9.98. The van der Waals surface area contributed by atoms with Gasteiger partial charge in [0.2, 0.25) is 0 Å². The first kappa shape index (κ1) is 21.4. The number of rotatable bonds is 9. The first-order valence-electron chi connectivity index (χ1n) is 9.40. The first-order chi connectivity index (χ1) is 14.5. The van der Waals surface area contributed by atoms with E-state index in [0.717, 1.165) is 17.7 Å². The third kappa shape index (κ3) is 5.01. The van der Waals surface area contributed by atoms with Crippen LogP contribution in [0.2, 0.25) is 5.02 Å². The van der Waals surface area contributed by atoms with E-state index >= 15 is 0 Å². The van der Waals surface area contributed by atoms with E-state index in [1.165, 1.54) is 7.11 Å². The molecule has 0 bridgehead atoms. The zero-order valence-corrected chi connectivity index (χ0v) is 17.7. The van der Waals surface area contributed by atoms with Crippen LogP contribution in [0.15, 0.2) is 36.4 Å². The summed E-state index contributed by atoms with van der Waals surface area (Å²) >= 11 is 6.28. The van der Waals surface area contributed by atoms with E-state index in [1.807, 2.05) is 31.2 Å². The van der Waals surface area contributed by atoms with Crippen LogP contribution in [0.1, 0.15) is 29.5 Å². The number of amides is 1. The van der Waals surface area contributed by atoms with Crippen LogP contribution in [0, 0.1) is 0 Å². The molecule has 0 fully saturated rings. The highest BCUT2D eigenvalue weighted by Gasteiger charge is 2.16. The highest BCUT2D eigenvalue weighted by Crippen LogP contribution is 2.36. The third-order valence-electron chi connectivity index (χ3n) is 4.24. The minimum atomic E-state index is -0.320. The SMILES string of the molecule is CCCOc1c(Cl)cc(C(=O)NCc2nc(-c3ccc(OC)cc3)n[nH]2)cc1OC. The monoisotopic (exact) mass is 430 g/mol. The Morgan fingerprint density at radius 3 is 2.60 bits per heavy atom. The highest BCUT2D eigenvalue weighted by molar-refractivity contribution is 6.32. The Bertz CT molecular complexity index is 1000. The number of halogens is 1. The fourth-order valence-electron chi connectivity index (χ4n) is 2.70. The van der Waals surface area contributed by atoms with Crippen molar-refractivity contribution in [1.29, 1.82) is 0 Å². The number of nitrogens with one attached hydrogen (secondary N) is 2. The van der Waals surface area contributed by atoms with Crippen molar-refractivity contribution in [2.75, 3.05) is 20.8 Å². The van der Waals surface area contributed by atoms with Crippen molar-refractivity contribution >= 4 is 17.5 Å². The van der Waals surface area contributed by atoms with Gasteiger partial charge in [0, 0.05) is 11.1 Å². The molecule has 0 aliphatic rings. The minimum absolute atomic E-state index is 0.177. The predicted octanol–water partition coefficient (Wildman–Crippen LogP) is 3.86. The Hall–Kier alpha value is -3.26. The number of H-pyrrole nitrogens is 1. The highest BCUT2D eigenvalue weighted by atomic mass is 35.5. The molecular weight excluding hydrogens is 408 g/mol. The standard InChI is InChI=1S/C21H23ClN4O4/c1-4-9-30-19-16(22)10-14(11-17(19)29-3)21(27)23-12-18-24-20(26-25-18)13-5-7-15(28-2)8-6-13/h5-8,10-11H,4,9,12H2,1-3H3,(H,23,27)(H,24,25,26). The van der Waals surface area contributed by atoms with Gasteiger partial charge in [-0.15, -0.1) is 0 Å². The number of aromatic nitrogens is 3. The van der Waals surface area contributed by atoms with Crippen molar-refractivity contribution in [3.05, 3.63) is 52.8 Å². The molecular formula is C21H23ClN4O4. The summed E-state index contributed by atoms with van der Waals surface area (Å²) in [6.07, 6.45) is 0.831. The molecule has 0 unspecified atom stereocenters. The van der Waals surface area contributed by atoms with Gasteiger partial charge in [-0.05, 0) is 42.8 Å². The van der Waals surface area contributed by atoms with Gasteiger partial charge in [-0.25, -0.2) is 4.98 Å². The molecule has 0 radical (unpaired) electrons. The van der Waals surface area contributed by atoms with Gasteiger partial charge in [0.25, 0.3) is 5.91 Å². The van der Waals surface area contributed by atoms with Crippen molar-refractivity contribution in [3.63, 3.8) is 0 Å². The molecule has 0 atom stereocenters. The molecule has 158 valence electrons. The normalized spacial score (nSPS) is 10.5. The smallest absolute Gasteiger partial charge is 0.251 e. The molecule has 0 aliphatic carbocycles. The molecule has 2 aromatic carbocycles. The number of hydrogen-bond donors (Lipinski definition) is 2. The maximum absolute atomic E-state index is 12.6. The summed E-state index contributed by atoms with van der Waals surface area (Å²) in [5, 5.41) is 10.1. The summed E-state index contributed by atoms with van der Waals surface area (Å²) in [6, 6.07) is 10.5. The fraction of sp³-hybridized carbons (Fsp3) is 0.286. The number of hydrogen-bond acceptors (Lipinski definition) is 6. The van der Waals surface area contributed by atoms with Gasteiger partial charge in [0.15, 0.2) is 17.3 Å². The van der Waals surface area contributed by atoms with E-state index in [9.17, 15) is 4.79 Å². The summed E-state index contributed by atoms with van der Waals surface area (Å²) in [7, 11) is 3.11. The van der Waals surface area contributed by atoms with E-state index in [4.69, 9.17) is 25.8 Å². The Morgan fingerprint density at radius 1 is 1.17 bits per heavy atom. The Kier molecular flexibility index (Phi) is 7.13. The average Bonchev–Trinajstić information content (AvgIpc) is 3.25. The molecule has 0 saturated carbocycles.